The van der Waals surface area contributed by atoms with Crippen LogP contribution in [0, 0.1) is 6.92 Å². The van der Waals surface area contributed by atoms with Crippen LogP contribution in [-0.4, -0.2) is 12.6 Å². The minimum atomic E-state index is 0.295. The molecular formula is C17H20BrNO. The molecule has 0 aliphatic rings. The summed E-state index contributed by atoms with van der Waals surface area (Å²) in [6.45, 7) is 5.70. The van der Waals surface area contributed by atoms with Crippen molar-refractivity contribution in [1.29, 1.82) is 0 Å². The van der Waals surface area contributed by atoms with Gasteiger partial charge < -0.3 is 10.1 Å². The lowest BCUT2D eigenvalue weighted by Crippen LogP contribution is -2.31. The molecule has 0 heterocycles. The van der Waals surface area contributed by atoms with Crippen LogP contribution in [0.1, 0.15) is 18.1 Å². The topological polar surface area (TPSA) is 21.3 Å². The first-order valence-corrected chi connectivity index (χ1v) is 7.60. The lowest BCUT2D eigenvalue weighted by atomic mass is 10.2. The predicted octanol–water partition coefficient (Wildman–Crippen LogP) is 4.31. The summed E-state index contributed by atoms with van der Waals surface area (Å²) in [4.78, 5) is 0. The lowest BCUT2D eigenvalue weighted by Gasteiger charge is -2.15. The number of hydrogen-bond donors (Lipinski definition) is 1. The second-order valence-electron chi connectivity index (χ2n) is 5.00. The summed E-state index contributed by atoms with van der Waals surface area (Å²) in [5, 5.41) is 3.47. The molecule has 1 N–H and O–H groups in total. The third-order valence-electron chi connectivity index (χ3n) is 3.12. The molecule has 0 aliphatic heterocycles. The number of benzene rings is 2. The molecule has 2 rings (SSSR count). The first-order chi connectivity index (χ1) is 9.65. The minimum absolute atomic E-state index is 0.295. The zero-order chi connectivity index (χ0) is 14.4. The molecule has 2 nitrogen and oxygen atoms in total. The van der Waals surface area contributed by atoms with Crippen molar-refractivity contribution in [2.45, 2.75) is 26.4 Å². The quantitative estimate of drug-likeness (QED) is 0.850. The van der Waals surface area contributed by atoms with Crippen molar-refractivity contribution < 1.29 is 4.74 Å². The van der Waals surface area contributed by atoms with Gasteiger partial charge in [0, 0.05) is 17.1 Å². The van der Waals surface area contributed by atoms with Gasteiger partial charge in [-0.2, -0.15) is 0 Å². The Labute approximate surface area is 129 Å². The van der Waals surface area contributed by atoms with Gasteiger partial charge in [0.05, 0.1) is 0 Å². The average molecular weight is 334 g/mol. The maximum atomic E-state index is 5.77. The molecule has 0 spiro atoms. The highest BCUT2D eigenvalue weighted by Crippen LogP contribution is 2.16. The molecule has 0 fully saturated rings. The van der Waals surface area contributed by atoms with E-state index in [1.165, 1.54) is 11.1 Å². The summed E-state index contributed by atoms with van der Waals surface area (Å²) in [6, 6.07) is 16.7. The van der Waals surface area contributed by atoms with Crippen molar-refractivity contribution >= 4 is 15.9 Å². The van der Waals surface area contributed by atoms with Crippen molar-refractivity contribution in [1.82, 2.24) is 5.32 Å². The second-order valence-corrected chi connectivity index (χ2v) is 5.85. The Morgan fingerprint density at radius 2 is 1.80 bits per heavy atom. The third kappa shape index (κ3) is 4.66. The summed E-state index contributed by atoms with van der Waals surface area (Å²) in [6.07, 6.45) is 0. The zero-order valence-corrected chi connectivity index (χ0v) is 13.5. The van der Waals surface area contributed by atoms with Crippen LogP contribution in [0.4, 0.5) is 0 Å². The van der Waals surface area contributed by atoms with Gasteiger partial charge in [0.2, 0.25) is 0 Å². The Morgan fingerprint density at radius 1 is 1.10 bits per heavy atom. The second kappa shape index (κ2) is 7.46. The van der Waals surface area contributed by atoms with Crippen LogP contribution in [0.5, 0.6) is 5.75 Å². The highest BCUT2D eigenvalue weighted by molar-refractivity contribution is 9.10. The van der Waals surface area contributed by atoms with Gasteiger partial charge in [-0.15, -0.1) is 0 Å². The first-order valence-electron chi connectivity index (χ1n) is 6.81. The monoisotopic (exact) mass is 333 g/mol. The SMILES string of the molecule is Cc1ccc(OCC(C)NCc2ccccc2Br)cc1. The molecule has 0 bridgehead atoms. The number of nitrogens with one attached hydrogen (secondary N) is 1. The maximum absolute atomic E-state index is 5.77. The van der Waals surface area contributed by atoms with Crippen LogP contribution in [0.15, 0.2) is 53.0 Å². The van der Waals surface area contributed by atoms with E-state index in [1.54, 1.807) is 0 Å². The van der Waals surface area contributed by atoms with E-state index >= 15 is 0 Å². The Morgan fingerprint density at radius 3 is 2.50 bits per heavy atom. The standard InChI is InChI=1S/C17H20BrNO/c1-13-7-9-16(10-8-13)20-12-14(2)19-11-15-5-3-4-6-17(15)18/h3-10,14,19H,11-12H2,1-2H3. The molecule has 1 unspecified atom stereocenters. The van der Waals surface area contributed by atoms with E-state index in [1.807, 2.05) is 18.2 Å². The summed E-state index contributed by atoms with van der Waals surface area (Å²) >= 11 is 3.56. The molecule has 106 valence electrons. The van der Waals surface area contributed by atoms with E-state index in [0.29, 0.717) is 12.6 Å². The van der Waals surface area contributed by atoms with Gasteiger partial charge in [0.1, 0.15) is 12.4 Å². The Kier molecular flexibility index (Phi) is 5.62. The van der Waals surface area contributed by atoms with Gasteiger partial charge in [0.15, 0.2) is 0 Å². The lowest BCUT2D eigenvalue weighted by molar-refractivity contribution is 0.272. The highest BCUT2D eigenvalue weighted by Gasteiger charge is 2.04. The van der Waals surface area contributed by atoms with Gasteiger partial charge in [-0.3, -0.25) is 0 Å². The average Bonchev–Trinajstić information content (AvgIpc) is 2.46. The van der Waals surface area contributed by atoms with E-state index in [-0.39, 0.29) is 0 Å². The van der Waals surface area contributed by atoms with Crippen molar-refractivity contribution in [2.24, 2.45) is 0 Å². The Bertz CT molecular complexity index is 539. The molecule has 0 radical (unpaired) electrons. The Hall–Kier alpha value is -1.32. The fraction of sp³-hybridized carbons (Fsp3) is 0.294. The molecule has 0 aromatic heterocycles. The number of halogens is 1. The molecule has 0 aliphatic carbocycles. The summed E-state index contributed by atoms with van der Waals surface area (Å²) in [7, 11) is 0. The van der Waals surface area contributed by atoms with E-state index in [2.05, 4.69) is 65.4 Å². The largest absolute Gasteiger partial charge is 0.492 e. The fourth-order valence-corrected chi connectivity index (χ4v) is 2.27. The molecule has 0 saturated heterocycles. The molecule has 2 aromatic carbocycles. The van der Waals surface area contributed by atoms with E-state index in [0.717, 1.165) is 16.8 Å². The normalized spacial score (nSPS) is 12.2. The van der Waals surface area contributed by atoms with E-state index in [9.17, 15) is 0 Å². The van der Waals surface area contributed by atoms with E-state index < -0.39 is 0 Å². The molecule has 0 amide bonds. The molecule has 2 aromatic rings. The summed E-state index contributed by atoms with van der Waals surface area (Å²) in [5.74, 6) is 0.921. The maximum Gasteiger partial charge on any atom is 0.119 e. The molecule has 0 saturated carbocycles. The van der Waals surface area contributed by atoms with Crippen molar-refractivity contribution in [2.75, 3.05) is 6.61 Å². The van der Waals surface area contributed by atoms with Crippen LogP contribution in [0.2, 0.25) is 0 Å². The molecular weight excluding hydrogens is 314 g/mol. The van der Waals surface area contributed by atoms with Gasteiger partial charge in [-0.1, -0.05) is 51.8 Å². The Balaban J connectivity index is 1.77. The van der Waals surface area contributed by atoms with Gasteiger partial charge in [-0.05, 0) is 37.6 Å². The van der Waals surface area contributed by atoms with Crippen LogP contribution >= 0.6 is 15.9 Å². The van der Waals surface area contributed by atoms with Gasteiger partial charge in [0.25, 0.3) is 0 Å². The zero-order valence-electron chi connectivity index (χ0n) is 11.9. The summed E-state index contributed by atoms with van der Waals surface area (Å²) < 4.78 is 6.91. The number of aryl methyl sites for hydroxylation is 1. The minimum Gasteiger partial charge on any atom is -0.492 e. The van der Waals surface area contributed by atoms with Crippen LogP contribution < -0.4 is 10.1 Å². The van der Waals surface area contributed by atoms with Crippen molar-refractivity contribution in [3.63, 3.8) is 0 Å². The highest BCUT2D eigenvalue weighted by atomic mass is 79.9. The van der Waals surface area contributed by atoms with Gasteiger partial charge in [-0.25, -0.2) is 0 Å². The van der Waals surface area contributed by atoms with Gasteiger partial charge >= 0.3 is 0 Å². The van der Waals surface area contributed by atoms with Crippen LogP contribution in [0.25, 0.3) is 0 Å². The predicted molar refractivity (Wildman–Crippen MR) is 87.1 cm³/mol. The molecule has 1 atom stereocenters. The fourth-order valence-electron chi connectivity index (χ4n) is 1.84. The third-order valence-corrected chi connectivity index (χ3v) is 3.89. The summed E-state index contributed by atoms with van der Waals surface area (Å²) in [5.41, 5.74) is 2.51. The molecule has 20 heavy (non-hydrogen) atoms. The van der Waals surface area contributed by atoms with Crippen molar-refractivity contribution in [3.8, 4) is 5.75 Å². The molecule has 3 heteroatoms. The van der Waals surface area contributed by atoms with Crippen LogP contribution in [-0.2, 0) is 6.54 Å². The van der Waals surface area contributed by atoms with E-state index in [4.69, 9.17) is 4.74 Å². The first kappa shape index (κ1) is 15.1. The van der Waals surface area contributed by atoms with Crippen molar-refractivity contribution in [3.05, 3.63) is 64.1 Å². The number of ether oxygens (including phenoxy) is 1. The van der Waals surface area contributed by atoms with Crippen LogP contribution in [0.3, 0.4) is 0 Å². The smallest absolute Gasteiger partial charge is 0.119 e. The number of hydrogen-bond acceptors (Lipinski definition) is 2. The number of rotatable bonds is 6.